The molecule has 2 saturated heterocycles. The number of morpholine rings is 1. The first-order valence-electron chi connectivity index (χ1n) is 6.97. The van der Waals surface area contributed by atoms with Crippen molar-refractivity contribution < 1.29 is 23.3 Å². The van der Waals surface area contributed by atoms with E-state index in [4.69, 9.17) is 11.6 Å². The van der Waals surface area contributed by atoms with Crippen molar-refractivity contribution in [2.75, 3.05) is 6.61 Å². The minimum absolute atomic E-state index is 0.0217. The van der Waals surface area contributed by atoms with Crippen molar-refractivity contribution in [2.24, 2.45) is 0 Å². The lowest BCUT2D eigenvalue weighted by atomic mass is 9.95. The van der Waals surface area contributed by atoms with Gasteiger partial charge in [-0.1, -0.05) is 11.6 Å². The van der Waals surface area contributed by atoms with E-state index in [2.05, 4.69) is 0 Å². The predicted octanol–water partition coefficient (Wildman–Crippen LogP) is 1.49. The van der Waals surface area contributed by atoms with Crippen molar-refractivity contribution in [3.63, 3.8) is 0 Å². The molecule has 2 atom stereocenters. The number of fused-ring (bicyclic) bond motifs is 2. The van der Waals surface area contributed by atoms with Crippen LogP contribution in [0.4, 0.5) is 0 Å². The average Bonchev–Trinajstić information content (AvgIpc) is 2.47. The van der Waals surface area contributed by atoms with Gasteiger partial charge in [-0.15, -0.1) is 0 Å². The van der Waals surface area contributed by atoms with Gasteiger partial charge >= 0.3 is 0 Å². The highest BCUT2D eigenvalue weighted by Crippen LogP contribution is 2.38. The molecule has 2 aliphatic rings. The zero-order chi connectivity index (χ0) is 15.9. The molecule has 3 rings (SSSR count). The third-order valence-electron chi connectivity index (χ3n) is 4.13. The van der Waals surface area contributed by atoms with Crippen LogP contribution in [0.15, 0.2) is 41.2 Å². The predicted molar refractivity (Wildman–Crippen MR) is 78.6 cm³/mol. The van der Waals surface area contributed by atoms with Crippen LogP contribution in [0, 0.1) is 0 Å². The number of halogens is 1. The molecule has 0 saturated carbocycles. The Bertz CT molecular complexity index is 688. The Morgan fingerprint density at radius 1 is 1.32 bits per heavy atom. The molecule has 1 aromatic carbocycles. The number of aliphatic hydroxyl groups excluding tert-OH is 1. The first-order chi connectivity index (χ1) is 10.4. The topological polar surface area (TPSA) is 83.4 Å². The Labute approximate surface area is 133 Å². The lowest BCUT2D eigenvalue weighted by Gasteiger charge is -2.48. The summed E-state index contributed by atoms with van der Waals surface area (Å²) in [6.45, 7) is -0.0459. The van der Waals surface area contributed by atoms with Crippen LogP contribution < -0.4 is 5.26 Å². The fraction of sp³-hybridized carbons (Fsp3) is 0.429. The molecule has 0 aromatic heterocycles. The molecule has 0 amide bonds. The van der Waals surface area contributed by atoms with Crippen LogP contribution in [-0.4, -0.2) is 36.5 Å². The Morgan fingerprint density at radius 2 is 2.00 bits per heavy atom. The summed E-state index contributed by atoms with van der Waals surface area (Å²) >= 11 is 5.81. The third-order valence-corrected chi connectivity index (χ3v) is 6.36. The summed E-state index contributed by atoms with van der Waals surface area (Å²) in [5.74, 6) is 0.0217. The van der Waals surface area contributed by atoms with E-state index in [-0.39, 0.29) is 17.3 Å². The van der Waals surface area contributed by atoms with E-state index in [0.29, 0.717) is 24.1 Å². The van der Waals surface area contributed by atoms with E-state index in [9.17, 15) is 18.8 Å². The number of hydrogen-bond acceptors (Lipinski definition) is 4. The maximum absolute atomic E-state index is 12.9. The molecular weight excluding hydrogens is 330 g/mol. The normalized spacial score (nSPS) is 28.1. The first-order valence-corrected chi connectivity index (χ1v) is 8.78. The zero-order valence-electron chi connectivity index (χ0n) is 11.7. The van der Waals surface area contributed by atoms with Crippen molar-refractivity contribution in [1.82, 2.24) is 4.31 Å². The van der Waals surface area contributed by atoms with E-state index >= 15 is 0 Å². The van der Waals surface area contributed by atoms with Gasteiger partial charge in [0.15, 0.2) is 12.9 Å². The van der Waals surface area contributed by atoms with Gasteiger partial charge in [-0.2, -0.15) is 4.31 Å². The molecule has 8 heteroatoms. The Kier molecular flexibility index (Phi) is 4.07. The van der Waals surface area contributed by atoms with Gasteiger partial charge in [0, 0.05) is 5.02 Å². The molecule has 2 fully saturated rings. The molecule has 2 aliphatic heterocycles. The summed E-state index contributed by atoms with van der Waals surface area (Å²) in [4.78, 5) is 0.135. The van der Waals surface area contributed by atoms with Crippen molar-refractivity contribution in [3.05, 3.63) is 41.3 Å². The van der Waals surface area contributed by atoms with Gasteiger partial charge in [-0.3, -0.25) is 0 Å². The summed E-state index contributed by atoms with van der Waals surface area (Å²) in [5, 5.41) is 21.6. The number of nitrogens with zero attached hydrogens (tertiary/aromatic N) is 1. The number of sulfonamides is 1. The van der Waals surface area contributed by atoms with Gasteiger partial charge in [0.05, 0.1) is 4.90 Å². The quantitative estimate of drug-likeness (QED) is 0.500. The average molecular weight is 346 g/mol. The van der Waals surface area contributed by atoms with E-state index in [1.54, 1.807) is 4.52 Å². The molecule has 1 aromatic rings. The van der Waals surface area contributed by atoms with Crippen LogP contribution in [0.2, 0.25) is 5.02 Å². The van der Waals surface area contributed by atoms with Crippen molar-refractivity contribution in [2.45, 2.75) is 36.2 Å². The van der Waals surface area contributed by atoms with Gasteiger partial charge in [0.2, 0.25) is 10.0 Å². The second kappa shape index (κ2) is 5.73. The smallest absolute Gasteiger partial charge is 0.294 e. The van der Waals surface area contributed by atoms with Gasteiger partial charge in [-0.05, 0) is 43.5 Å². The van der Waals surface area contributed by atoms with Gasteiger partial charge in [-0.25, -0.2) is 8.42 Å². The van der Waals surface area contributed by atoms with E-state index in [1.165, 1.54) is 28.6 Å². The maximum Gasteiger partial charge on any atom is 0.294 e. The monoisotopic (exact) mass is 345 g/mol. The Hall–Kier alpha value is -1.28. The molecule has 2 heterocycles. The van der Waals surface area contributed by atoms with E-state index < -0.39 is 22.1 Å². The number of rotatable bonds is 2. The number of hydrogen-bond donors (Lipinski definition) is 1. The Balaban J connectivity index is 2.04. The molecule has 0 radical (unpaired) electrons. The molecule has 6 nitrogen and oxygen atoms in total. The molecule has 22 heavy (non-hydrogen) atoms. The van der Waals surface area contributed by atoms with Crippen LogP contribution in [0.25, 0.3) is 0 Å². The highest BCUT2D eigenvalue weighted by Gasteiger charge is 2.50. The summed E-state index contributed by atoms with van der Waals surface area (Å²) in [6.07, 6.45) is 2.62. The number of piperidine rings is 1. The van der Waals surface area contributed by atoms with E-state index in [1.807, 2.05) is 0 Å². The molecule has 0 spiro atoms. The minimum atomic E-state index is -3.76. The second-order valence-electron chi connectivity index (χ2n) is 5.43. The van der Waals surface area contributed by atoms with Crippen molar-refractivity contribution >= 4 is 21.6 Å². The second-order valence-corrected chi connectivity index (χ2v) is 7.71. The zero-order valence-corrected chi connectivity index (χ0v) is 13.3. The first kappa shape index (κ1) is 15.6. The number of aliphatic hydroxyl groups is 1. The number of benzene rings is 1. The lowest BCUT2D eigenvalue weighted by Crippen LogP contribution is -2.60. The lowest BCUT2D eigenvalue weighted by molar-refractivity contribution is -0.782. The van der Waals surface area contributed by atoms with E-state index in [0.717, 1.165) is 6.42 Å². The van der Waals surface area contributed by atoms with Crippen LogP contribution >= 0.6 is 11.6 Å². The van der Waals surface area contributed by atoms with Gasteiger partial charge in [0.1, 0.15) is 12.1 Å². The molecule has 120 valence electrons. The Morgan fingerprint density at radius 3 is 2.64 bits per heavy atom. The van der Waals surface area contributed by atoms with Gasteiger partial charge in [0.25, 0.3) is 5.76 Å². The summed E-state index contributed by atoms with van der Waals surface area (Å²) < 4.78 is 28.8. The highest BCUT2D eigenvalue weighted by atomic mass is 35.5. The molecule has 1 N–H and O–H groups in total. The highest BCUT2D eigenvalue weighted by molar-refractivity contribution is 7.89. The van der Waals surface area contributed by atoms with Crippen molar-refractivity contribution in [3.8, 4) is 0 Å². The summed E-state index contributed by atoms with van der Waals surface area (Å²) in [6, 6.07) is 4.88. The largest absolute Gasteiger partial charge is 0.564 e. The SMILES string of the molecule is O=S(=O)(c1ccc(Cl)cc1)N1C2CCCC1/C(=C\O)[O+]([O-])C2. The van der Waals surface area contributed by atoms with Crippen molar-refractivity contribution in [1.29, 1.82) is 0 Å². The third kappa shape index (κ3) is 2.48. The van der Waals surface area contributed by atoms with Crippen LogP contribution in [0.1, 0.15) is 19.3 Å². The molecular formula is C14H16ClNO5S. The minimum Gasteiger partial charge on any atom is -0.564 e. The maximum atomic E-state index is 12.9. The van der Waals surface area contributed by atoms with Crippen LogP contribution in [0.5, 0.6) is 0 Å². The van der Waals surface area contributed by atoms with Crippen LogP contribution in [0.3, 0.4) is 0 Å². The summed E-state index contributed by atoms with van der Waals surface area (Å²) in [7, 11) is -3.76. The fourth-order valence-corrected chi connectivity index (χ4v) is 5.09. The standard InChI is InChI=1S/C14H16ClNO5S/c15-10-4-6-12(7-5-10)22(19,20)16-11-2-1-3-13(16)14(8-17)21(18)9-11/h4-8,11,13,17H,1-3,9H2/b14-8+. The molecule has 0 aliphatic carbocycles. The molecule has 2 bridgehead atoms. The van der Waals surface area contributed by atoms with Gasteiger partial charge < -0.3 is 14.9 Å². The van der Waals surface area contributed by atoms with Crippen LogP contribution in [-0.2, 0) is 14.5 Å². The molecule has 2 unspecified atom stereocenters. The summed E-state index contributed by atoms with van der Waals surface area (Å²) in [5.41, 5.74) is 0. The fourth-order valence-electron chi connectivity index (χ4n) is 3.14.